The minimum Gasteiger partial charge on any atom is -0.351 e. The van der Waals surface area contributed by atoms with Crippen molar-refractivity contribution in [3.8, 4) is 0 Å². The van der Waals surface area contributed by atoms with Crippen molar-refractivity contribution in [1.29, 1.82) is 0 Å². The molecule has 3 aromatic carbocycles. The molecule has 0 saturated carbocycles. The van der Waals surface area contributed by atoms with Crippen molar-refractivity contribution in [3.05, 3.63) is 96.2 Å². The summed E-state index contributed by atoms with van der Waals surface area (Å²) >= 11 is 1.51. The van der Waals surface area contributed by atoms with Gasteiger partial charge in [-0.15, -0.1) is 11.8 Å². The van der Waals surface area contributed by atoms with Crippen molar-refractivity contribution < 1.29 is 14.4 Å². The van der Waals surface area contributed by atoms with Gasteiger partial charge in [-0.05, 0) is 29.8 Å². The first-order valence-corrected chi connectivity index (χ1v) is 12.5. The summed E-state index contributed by atoms with van der Waals surface area (Å²) in [5.74, 6) is -0.918. The number of aromatic nitrogens is 1. The number of H-pyrrole nitrogens is 1. The van der Waals surface area contributed by atoms with Gasteiger partial charge in [0.1, 0.15) is 18.3 Å². The Kier molecular flexibility index (Phi) is 6.52. The summed E-state index contributed by atoms with van der Waals surface area (Å²) in [6.45, 7) is -0.121. The lowest BCUT2D eigenvalue weighted by Crippen LogP contribution is -2.52. The predicted molar refractivity (Wildman–Crippen MR) is 142 cm³/mol. The number of aromatic amines is 1. The van der Waals surface area contributed by atoms with Crippen LogP contribution in [0.25, 0.3) is 10.9 Å². The molecule has 0 radical (unpaired) electrons. The van der Waals surface area contributed by atoms with Gasteiger partial charge in [0.15, 0.2) is 0 Å². The van der Waals surface area contributed by atoms with Crippen LogP contribution in [0.3, 0.4) is 0 Å². The largest absolute Gasteiger partial charge is 0.351 e. The van der Waals surface area contributed by atoms with Gasteiger partial charge < -0.3 is 20.1 Å². The predicted octanol–water partition coefficient (Wildman–Crippen LogP) is 4.23. The summed E-state index contributed by atoms with van der Waals surface area (Å²) in [4.78, 5) is 47.2. The van der Waals surface area contributed by atoms with Gasteiger partial charge in [-0.3, -0.25) is 14.4 Å². The van der Waals surface area contributed by atoms with Crippen LogP contribution in [0.2, 0.25) is 0 Å². The van der Waals surface area contributed by atoms with E-state index in [1.54, 1.807) is 20.2 Å². The lowest BCUT2D eigenvalue weighted by atomic mass is 10.0. The second-order valence-electron chi connectivity index (χ2n) is 8.85. The summed E-state index contributed by atoms with van der Waals surface area (Å²) in [5, 5.41) is 3.51. The Morgan fingerprint density at radius 3 is 2.42 bits per heavy atom. The van der Waals surface area contributed by atoms with Crippen molar-refractivity contribution in [2.75, 3.05) is 25.5 Å². The van der Waals surface area contributed by atoms with Crippen molar-refractivity contribution in [2.24, 2.45) is 0 Å². The number of hydrogen-bond acceptors (Lipinski definition) is 4. The molecule has 1 aromatic heterocycles. The molecule has 3 amide bonds. The van der Waals surface area contributed by atoms with E-state index >= 15 is 0 Å². The highest BCUT2D eigenvalue weighted by molar-refractivity contribution is 7.99. The molecule has 1 aliphatic heterocycles. The Labute approximate surface area is 213 Å². The molecule has 2 N–H and O–H groups in total. The Morgan fingerprint density at radius 1 is 0.972 bits per heavy atom. The van der Waals surface area contributed by atoms with E-state index in [4.69, 9.17) is 0 Å². The second kappa shape index (κ2) is 9.91. The minimum absolute atomic E-state index is 0.121. The Balaban J connectivity index is 1.56. The van der Waals surface area contributed by atoms with Gasteiger partial charge >= 0.3 is 0 Å². The highest BCUT2D eigenvalue weighted by Crippen LogP contribution is 2.45. The molecule has 4 aromatic rings. The number of para-hydroxylation sites is 2. The molecule has 0 spiro atoms. The molecule has 8 heteroatoms. The molecule has 2 atom stereocenters. The number of carbonyl (C=O) groups excluding carboxylic acids is 3. The van der Waals surface area contributed by atoms with Crippen LogP contribution >= 0.6 is 11.8 Å². The fraction of sp³-hybridized carbons (Fsp3) is 0.179. The monoisotopic (exact) mass is 498 g/mol. The van der Waals surface area contributed by atoms with Crippen molar-refractivity contribution in [1.82, 2.24) is 15.2 Å². The third-order valence-electron chi connectivity index (χ3n) is 6.23. The Morgan fingerprint density at radius 2 is 1.67 bits per heavy atom. The number of rotatable bonds is 5. The number of amides is 3. The summed E-state index contributed by atoms with van der Waals surface area (Å²) in [6, 6.07) is 25.7. The van der Waals surface area contributed by atoms with Gasteiger partial charge in [0, 0.05) is 29.9 Å². The lowest BCUT2D eigenvalue weighted by molar-refractivity contribution is -0.129. The van der Waals surface area contributed by atoms with E-state index in [-0.39, 0.29) is 24.3 Å². The number of carbonyl (C=O) groups is 3. The van der Waals surface area contributed by atoms with Crippen molar-refractivity contribution >= 4 is 46.1 Å². The van der Waals surface area contributed by atoms with E-state index < -0.39 is 11.3 Å². The number of nitrogens with zero attached hydrogens (tertiary/aromatic N) is 2. The fourth-order valence-electron chi connectivity index (χ4n) is 4.30. The number of fused-ring (bicyclic) bond motifs is 2. The van der Waals surface area contributed by atoms with Gasteiger partial charge in [0.2, 0.25) is 5.91 Å². The average molecular weight is 499 g/mol. The van der Waals surface area contributed by atoms with Crippen LogP contribution in [0, 0.1) is 0 Å². The second-order valence-corrected chi connectivity index (χ2v) is 10.0. The number of benzene rings is 3. The van der Waals surface area contributed by atoms with Gasteiger partial charge in [-0.25, -0.2) is 0 Å². The molecular weight excluding hydrogens is 472 g/mol. The first kappa shape index (κ1) is 23.7. The molecule has 5 rings (SSSR count). The van der Waals surface area contributed by atoms with Crippen LogP contribution in [0.1, 0.15) is 21.3 Å². The maximum absolute atomic E-state index is 14.1. The van der Waals surface area contributed by atoms with Gasteiger partial charge in [-0.1, -0.05) is 60.7 Å². The van der Waals surface area contributed by atoms with Crippen LogP contribution in [0.5, 0.6) is 0 Å². The van der Waals surface area contributed by atoms with Gasteiger partial charge in [0.05, 0.1) is 10.9 Å². The quantitative estimate of drug-likeness (QED) is 0.431. The van der Waals surface area contributed by atoms with Crippen LogP contribution in [0.15, 0.2) is 89.8 Å². The summed E-state index contributed by atoms with van der Waals surface area (Å²) in [5.41, 5.74) is 2.78. The molecule has 7 nitrogen and oxygen atoms in total. The van der Waals surface area contributed by atoms with Crippen LogP contribution in [-0.4, -0.2) is 54.3 Å². The molecule has 1 aliphatic rings. The zero-order valence-electron chi connectivity index (χ0n) is 20.0. The van der Waals surface area contributed by atoms with E-state index in [1.807, 2.05) is 78.9 Å². The molecule has 0 aliphatic carbocycles. The number of anilines is 1. The lowest BCUT2D eigenvalue weighted by Gasteiger charge is -2.29. The topological polar surface area (TPSA) is 85.5 Å². The standard InChI is InChI=1S/C28H26N4O3S/c1-31(2)24(33)17-32-22-14-8-9-15-23(22)36-26(18-10-4-3-5-11-18)25(28(32)35)30-27(34)21-16-19-12-6-7-13-20(19)29-21/h3-16,25-26,29H,17H2,1-2H3,(H,30,34). The molecule has 0 bridgehead atoms. The molecule has 2 heterocycles. The molecule has 182 valence electrons. The highest BCUT2D eigenvalue weighted by atomic mass is 32.2. The zero-order chi connectivity index (χ0) is 25.2. The van der Waals surface area contributed by atoms with Gasteiger partial charge in [-0.2, -0.15) is 0 Å². The van der Waals surface area contributed by atoms with Gasteiger partial charge in [0.25, 0.3) is 11.8 Å². The first-order chi connectivity index (χ1) is 17.4. The summed E-state index contributed by atoms with van der Waals surface area (Å²) in [6.07, 6.45) is 0. The fourth-order valence-corrected chi connectivity index (χ4v) is 5.64. The van der Waals surface area contributed by atoms with E-state index in [0.29, 0.717) is 11.4 Å². The van der Waals surface area contributed by atoms with Crippen LogP contribution in [-0.2, 0) is 9.59 Å². The maximum Gasteiger partial charge on any atom is 0.268 e. The zero-order valence-corrected chi connectivity index (χ0v) is 20.8. The van der Waals surface area contributed by atoms with Crippen molar-refractivity contribution in [3.63, 3.8) is 0 Å². The Bertz CT molecular complexity index is 1400. The molecule has 36 heavy (non-hydrogen) atoms. The Hall–Kier alpha value is -4.04. The molecule has 0 fully saturated rings. The number of nitrogens with one attached hydrogen (secondary N) is 2. The number of likely N-dealkylation sites (N-methyl/N-ethyl adjacent to an activating group) is 1. The summed E-state index contributed by atoms with van der Waals surface area (Å²) in [7, 11) is 3.32. The number of thioether (sulfide) groups is 1. The van der Waals surface area contributed by atoms with E-state index in [1.165, 1.54) is 21.6 Å². The number of hydrogen-bond donors (Lipinski definition) is 2. The SMILES string of the molecule is CN(C)C(=O)CN1C(=O)C(NC(=O)c2cc3ccccc3[nH]2)C(c2ccccc2)Sc2ccccc21. The van der Waals surface area contributed by atoms with E-state index in [2.05, 4.69) is 10.3 Å². The minimum atomic E-state index is -0.904. The normalized spacial score (nSPS) is 17.4. The highest BCUT2D eigenvalue weighted by Gasteiger charge is 2.40. The van der Waals surface area contributed by atoms with Crippen LogP contribution < -0.4 is 10.2 Å². The first-order valence-electron chi connectivity index (χ1n) is 11.6. The molecular formula is C28H26N4O3S. The smallest absolute Gasteiger partial charge is 0.268 e. The molecule has 0 saturated heterocycles. The van der Waals surface area contributed by atoms with Crippen molar-refractivity contribution in [2.45, 2.75) is 16.2 Å². The van der Waals surface area contributed by atoms with E-state index in [0.717, 1.165) is 21.4 Å². The maximum atomic E-state index is 14.1. The van der Waals surface area contributed by atoms with Crippen LogP contribution in [0.4, 0.5) is 5.69 Å². The average Bonchev–Trinajstić information content (AvgIpc) is 3.30. The molecule has 2 unspecified atom stereocenters. The van der Waals surface area contributed by atoms with E-state index in [9.17, 15) is 14.4 Å². The third-order valence-corrected chi connectivity index (χ3v) is 7.62. The third kappa shape index (κ3) is 4.59. The summed E-state index contributed by atoms with van der Waals surface area (Å²) < 4.78 is 0.